The minimum Gasteiger partial charge on any atom is -0.473 e. The summed E-state index contributed by atoms with van der Waals surface area (Å²) in [5.74, 6) is -0.501. The average molecular weight is 391 g/mol. The van der Waals surface area contributed by atoms with Crippen LogP contribution in [-0.2, 0) is 9.47 Å². The van der Waals surface area contributed by atoms with Crippen LogP contribution in [0.1, 0.15) is 33.6 Å². The molecule has 1 fully saturated rings. The van der Waals surface area contributed by atoms with E-state index in [0.717, 1.165) is 12.8 Å². The van der Waals surface area contributed by atoms with E-state index < -0.39 is 5.97 Å². The van der Waals surface area contributed by atoms with Crippen LogP contribution >= 0.6 is 11.6 Å². The molecule has 2 heterocycles. The predicted octanol–water partition coefficient (Wildman–Crippen LogP) is 3.33. The largest absolute Gasteiger partial charge is 0.473 e. The number of aromatic nitrogens is 1. The quantitative estimate of drug-likeness (QED) is 0.788. The summed E-state index contributed by atoms with van der Waals surface area (Å²) in [6.07, 6.45) is 2.99. The number of pyridine rings is 1. The highest BCUT2D eigenvalue weighted by Gasteiger charge is 2.18. The van der Waals surface area contributed by atoms with Crippen LogP contribution in [0.3, 0.4) is 0 Å². The molecular formula is C19H19ClN2O5. The minimum absolute atomic E-state index is 0.0109. The Morgan fingerprint density at radius 2 is 1.89 bits per heavy atom. The zero-order valence-corrected chi connectivity index (χ0v) is 15.5. The second kappa shape index (κ2) is 8.83. The molecule has 0 unspecified atom stereocenters. The number of halogens is 1. The van der Waals surface area contributed by atoms with Gasteiger partial charge in [0, 0.05) is 24.7 Å². The maximum atomic E-state index is 12.4. The van der Waals surface area contributed by atoms with Crippen LogP contribution in [0.4, 0.5) is 5.69 Å². The minimum atomic E-state index is -0.441. The van der Waals surface area contributed by atoms with Crippen LogP contribution in [0, 0.1) is 0 Å². The van der Waals surface area contributed by atoms with E-state index in [0.29, 0.717) is 35.9 Å². The number of nitrogens with one attached hydrogen (secondary N) is 1. The number of methoxy groups -OCH3 is 1. The molecule has 142 valence electrons. The Bertz CT molecular complexity index is 819. The first kappa shape index (κ1) is 19.1. The van der Waals surface area contributed by atoms with E-state index in [4.69, 9.17) is 21.1 Å². The first-order valence-electron chi connectivity index (χ1n) is 8.46. The summed E-state index contributed by atoms with van der Waals surface area (Å²) in [6.45, 7) is 1.30. The normalized spacial score (nSPS) is 14.4. The first-order valence-corrected chi connectivity index (χ1v) is 8.84. The molecule has 0 atom stereocenters. The number of hydrogen-bond acceptors (Lipinski definition) is 6. The fourth-order valence-electron chi connectivity index (χ4n) is 2.60. The molecule has 0 saturated carbocycles. The van der Waals surface area contributed by atoms with Gasteiger partial charge in [-0.1, -0.05) is 11.6 Å². The van der Waals surface area contributed by atoms with Crippen LogP contribution in [0.15, 0.2) is 36.5 Å². The van der Waals surface area contributed by atoms with Gasteiger partial charge in [0.2, 0.25) is 5.88 Å². The number of ether oxygens (including phenoxy) is 3. The van der Waals surface area contributed by atoms with Crippen molar-refractivity contribution in [3.63, 3.8) is 0 Å². The number of carbonyl (C=O) groups is 2. The Kier molecular flexibility index (Phi) is 6.26. The van der Waals surface area contributed by atoms with Crippen molar-refractivity contribution in [3.05, 3.63) is 52.7 Å². The van der Waals surface area contributed by atoms with E-state index in [-0.39, 0.29) is 17.0 Å². The second-order valence-electron chi connectivity index (χ2n) is 5.96. The smallest absolute Gasteiger partial charge is 0.337 e. The summed E-state index contributed by atoms with van der Waals surface area (Å²) in [5, 5.41) is 3.00. The van der Waals surface area contributed by atoms with Gasteiger partial charge in [0.25, 0.3) is 5.91 Å². The fourth-order valence-corrected chi connectivity index (χ4v) is 2.81. The lowest BCUT2D eigenvalue weighted by Crippen LogP contribution is -2.26. The standard InChI is InChI=1S/C19H19ClN2O5/c1-25-19(24)12-2-4-14(5-3-12)22-17(23)13-10-16(20)18(21-11-13)27-15-6-8-26-9-7-15/h2-5,10-11,15H,6-9H2,1H3,(H,22,23). The number of amides is 1. The topological polar surface area (TPSA) is 86.8 Å². The lowest BCUT2D eigenvalue weighted by Gasteiger charge is -2.23. The molecule has 3 rings (SSSR count). The Labute approximate surface area is 161 Å². The van der Waals surface area contributed by atoms with Crippen molar-refractivity contribution in [1.82, 2.24) is 4.98 Å². The summed E-state index contributed by atoms with van der Waals surface area (Å²) in [6, 6.07) is 7.88. The zero-order chi connectivity index (χ0) is 19.2. The molecule has 1 amide bonds. The maximum Gasteiger partial charge on any atom is 0.337 e. The Hall–Kier alpha value is -2.64. The van der Waals surface area contributed by atoms with E-state index in [1.54, 1.807) is 24.3 Å². The van der Waals surface area contributed by atoms with Gasteiger partial charge in [0.15, 0.2) is 0 Å². The van der Waals surface area contributed by atoms with Crippen LogP contribution < -0.4 is 10.1 Å². The van der Waals surface area contributed by atoms with Gasteiger partial charge in [-0.2, -0.15) is 0 Å². The monoisotopic (exact) mass is 390 g/mol. The highest BCUT2D eigenvalue weighted by atomic mass is 35.5. The number of anilines is 1. The van der Waals surface area contributed by atoms with Gasteiger partial charge in [-0.15, -0.1) is 0 Å². The molecule has 0 aliphatic carbocycles. The van der Waals surface area contributed by atoms with Crippen LogP contribution in [0.2, 0.25) is 5.02 Å². The maximum absolute atomic E-state index is 12.4. The first-order chi connectivity index (χ1) is 13.1. The average Bonchev–Trinajstić information content (AvgIpc) is 2.70. The lowest BCUT2D eigenvalue weighted by atomic mass is 10.1. The van der Waals surface area contributed by atoms with Crippen molar-refractivity contribution in [3.8, 4) is 5.88 Å². The summed E-state index contributed by atoms with van der Waals surface area (Å²) < 4.78 is 15.7. The van der Waals surface area contributed by atoms with Crippen LogP contribution in [-0.4, -0.2) is 43.3 Å². The number of esters is 1. The van der Waals surface area contributed by atoms with Crippen molar-refractivity contribution in [1.29, 1.82) is 0 Å². The zero-order valence-electron chi connectivity index (χ0n) is 14.7. The molecule has 1 aromatic carbocycles. The van der Waals surface area contributed by atoms with Gasteiger partial charge in [-0.3, -0.25) is 4.79 Å². The second-order valence-corrected chi connectivity index (χ2v) is 6.37. The number of nitrogens with zero attached hydrogens (tertiary/aromatic N) is 1. The number of carbonyl (C=O) groups excluding carboxylic acids is 2. The van der Waals surface area contributed by atoms with Crippen molar-refractivity contribution >= 4 is 29.2 Å². The van der Waals surface area contributed by atoms with E-state index in [1.165, 1.54) is 19.4 Å². The van der Waals surface area contributed by atoms with Crippen molar-refractivity contribution in [2.75, 3.05) is 25.6 Å². The SMILES string of the molecule is COC(=O)c1ccc(NC(=O)c2cnc(OC3CCOCC3)c(Cl)c2)cc1. The Morgan fingerprint density at radius 1 is 1.19 bits per heavy atom. The van der Waals surface area contributed by atoms with E-state index in [1.807, 2.05) is 0 Å². The number of rotatable bonds is 5. The molecule has 8 heteroatoms. The summed E-state index contributed by atoms with van der Waals surface area (Å²) >= 11 is 6.22. The number of benzene rings is 1. The lowest BCUT2D eigenvalue weighted by molar-refractivity contribution is 0.0238. The van der Waals surface area contributed by atoms with Gasteiger partial charge in [0.1, 0.15) is 11.1 Å². The summed E-state index contributed by atoms with van der Waals surface area (Å²) in [4.78, 5) is 28.0. The molecule has 1 aliphatic rings. The van der Waals surface area contributed by atoms with Gasteiger partial charge >= 0.3 is 5.97 Å². The van der Waals surface area contributed by atoms with Gasteiger partial charge in [0.05, 0.1) is 31.5 Å². The van der Waals surface area contributed by atoms with E-state index >= 15 is 0 Å². The third kappa shape index (κ3) is 4.96. The highest BCUT2D eigenvalue weighted by molar-refractivity contribution is 6.32. The molecule has 27 heavy (non-hydrogen) atoms. The summed E-state index contributed by atoms with van der Waals surface area (Å²) in [5.41, 5.74) is 1.23. The molecule has 1 aromatic heterocycles. The molecule has 7 nitrogen and oxygen atoms in total. The van der Waals surface area contributed by atoms with Gasteiger partial charge in [-0.05, 0) is 30.3 Å². The molecule has 1 aliphatic heterocycles. The van der Waals surface area contributed by atoms with Crippen molar-refractivity contribution in [2.24, 2.45) is 0 Å². The summed E-state index contributed by atoms with van der Waals surface area (Å²) in [7, 11) is 1.31. The molecule has 0 radical (unpaired) electrons. The van der Waals surface area contributed by atoms with Gasteiger partial charge in [-0.25, -0.2) is 9.78 Å². The Morgan fingerprint density at radius 3 is 2.52 bits per heavy atom. The van der Waals surface area contributed by atoms with Gasteiger partial charge < -0.3 is 19.5 Å². The van der Waals surface area contributed by atoms with Crippen LogP contribution in [0.5, 0.6) is 5.88 Å². The van der Waals surface area contributed by atoms with Crippen LogP contribution in [0.25, 0.3) is 0 Å². The third-order valence-electron chi connectivity index (χ3n) is 4.08. The molecular weight excluding hydrogens is 372 g/mol. The fraction of sp³-hybridized carbons (Fsp3) is 0.316. The predicted molar refractivity (Wildman–Crippen MR) is 99.5 cm³/mol. The Balaban J connectivity index is 1.64. The molecule has 1 N–H and O–H groups in total. The van der Waals surface area contributed by atoms with E-state index in [9.17, 15) is 9.59 Å². The third-order valence-corrected chi connectivity index (χ3v) is 4.35. The molecule has 2 aromatic rings. The number of hydrogen-bond donors (Lipinski definition) is 1. The van der Waals surface area contributed by atoms with Crippen molar-refractivity contribution < 1.29 is 23.8 Å². The molecule has 1 saturated heterocycles. The molecule has 0 bridgehead atoms. The van der Waals surface area contributed by atoms with E-state index in [2.05, 4.69) is 15.0 Å². The highest BCUT2D eigenvalue weighted by Crippen LogP contribution is 2.26. The molecule has 0 spiro atoms. The van der Waals surface area contributed by atoms with Crippen molar-refractivity contribution in [2.45, 2.75) is 18.9 Å².